The highest BCUT2D eigenvalue weighted by molar-refractivity contribution is 5.29. The Kier molecular flexibility index (Phi) is 3.08. The molecule has 15 heavy (non-hydrogen) atoms. The molecule has 1 aromatic heterocycles. The first kappa shape index (κ1) is 12.0. The molecule has 0 aliphatic heterocycles. The second-order valence-corrected chi connectivity index (χ2v) is 3.42. The van der Waals surface area contributed by atoms with Crippen molar-refractivity contribution in [3.05, 3.63) is 17.0 Å². The first-order chi connectivity index (χ1) is 6.79. The number of aromatic nitrogens is 2. The predicted octanol–water partition coefficient (Wildman–Crippen LogP) is 2.08. The van der Waals surface area contributed by atoms with Crippen LogP contribution in [0.3, 0.4) is 0 Å². The van der Waals surface area contributed by atoms with Crippen LogP contribution in [-0.4, -0.2) is 16.0 Å². The first-order valence-electron chi connectivity index (χ1n) is 4.65. The molecular formula is C9H14F3N3. The summed E-state index contributed by atoms with van der Waals surface area (Å²) in [5.74, 6) is 0. The van der Waals surface area contributed by atoms with Crippen molar-refractivity contribution >= 4 is 0 Å². The minimum absolute atomic E-state index is 0.0874. The van der Waals surface area contributed by atoms with Gasteiger partial charge in [-0.1, -0.05) is 0 Å². The fourth-order valence-electron chi connectivity index (χ4n) is 1.63. The van der Waals surface area contributed by atoms with Crippen molar-refractivity contribution in [1.29, 1.82) is 0 Å². The highest BCUT2D eigenvalue weighted by Crippen LogP contribution is 2.33. The lowest BCUT2D eigenvalue weighted by atomic mass is 10.1. The molecule has 0 aliphatic rings. The third-order valence-electron chi connectivity index (χ3n) is 2.40. The summed E-state index contributed by atoms with van der Waals surface area (Å²) in [6, 6.07) is -1.95. The van der Waals surface area contributed by atoms with Gasteiger partial charge in [-0.2, -0.15) is 18.3 Å². The Morgan fingerprint density at radius 3 is 2.27 bits per heavy atom. The summed E-state index contributed by atoms with van der Waals surface area (Å²) in [7, 11) is 0. The van der Waals surface area contributed by atoms with Crippen LogP contribution in [0.15, 0.2) is 0 Å². The van der Waals surface area contributed by atoms with Crippen molar-refractivity contribution in [2.75, 3.05) is 0 Å². The molecule has 0 aliphatic carbocycles. The van der Waals surface area contributed by atoms with E-state index in [1.807, 2.05) is 6.92 Å². The van der Waals surface area contributed by atoms with Crippen molar-refractivity contribution in [1.82, 2.24) is 9.78 Å². The SMILES string of the molecule is CCn1nc(C)c(C(N)C(F)(F)F)c1C. The van der Waals surface area contributed by atoms with Crippen molar-refractivity contribution in [3.8, 4) is 0 Å². The number of aryl methyl sites for hydroxylation is 2. The minimum Gasteiger partial charge on any atom is -0.316 e. The number of nitrogens with zero attached hydrogens (tertiary/aromatic N) is 2. The summed E-state index contributed by atoms with van der Waals surface area (Å²) in [6.45, 7) is 5.50. The molecule has 2 N–H and O–H groups in total. The average Bonchev–Trinajstić information content (AvgIpc) is 2.39. The Bertz CT molecular complexity index is 354. The molecule has 0 fully saturated rings. The van der Waals surface area contributed by atoms with E-state index in [2.05, 4.69) is 5.10 Å². The molecule has 0 bridgehead atoms. The third kappa shape index (κ3) is 2.14. The van der Waals surface area contributed by atoms with E-state index in [9.17, 15) is 13.2 Å². The Hall–Kier alpha value is -1.04. The van der Waals surface area contributed by atoms with Gasteiger partial charge < -0.3 is 5.73 Å². The van der Waals surface area contributed by atoms with Crippen molar-refractivity contribution in [2.24, 2.45) is 5.73 Å². The minimum atomic E-state index is -4.42. The maximum Gasteiger partial charge on any atom is 0.407 e. The van der Waals surface area contributed by atoms with Gasteiger partial charge in [-0.15, -0.1) is 0 Å². The Labute approximate surface area is 86.1 Å². The Morgan fingerprint density at radius 1 is 1.40 bits per heavy atom. The number of hydrogen-bond acceptors (Lipinski definition) is 2. The molecule has 0 saturated heterocycles. The monoisotopic (exact) mass is 221 g/mol. The van der Waals surface area contributed by atoms with Crippen molar-refractivity contribution in [2.45, 2.75) is 39.5 Å². The smallest absolute Gasteiger partial charge is 0.316 e. The highest BCUT2D eigenvalue weighted by Gasteiger charge is 2.40. The standard InChI is InChI=1S/C9H14F3N3/c1-4-15-6(3)7(5(2)14-15)8(13)9(10,11)12/h8H,4,13H2,1-3H3. The van der Waals surface area contributed by atoms with E-state index in [0.717, 1.165) is 0 Å². The number of alkyl halides is 3. The summed E-state index contributed by atoms with van der Waals surface area (Å²) in [6.07, 6.45) is -4.42. The molecule has 1 unspecified atom stereocenters. The summed E-state index contributed by atoms with van der Waals surface area (Å²) in [4.78, 5) is 0. The van der Waals surface area contributed by atoms with Crippen LogP contribution in [0.5, 0.6) is 0 Å². The second-order valence-electron chi connectivity index (χ2n) is 3.42. The summed E-state index contributed by atoms with van der Waals surface area (Å²) >= 11 is 0. The molecule has 0 aromatic carbocycles. The van der Waals surface area contributed by atoms with Gasteiger partial charge in [0.25, 0.3) is 0 Å². The van der Waals surface area contributed by atoms with E-state index >= 15 is 0 Å². The second kappa shape index (κ2) is 3.84. The van der Waals surface area contributed by atoms with E-state index in [1.165, 1.54) is 4.68 Å². The maximum absolute atomic E-state index is 12.4. The Morgan fingerprint density at radius 2 is 1.93 bits per heavy atom. The zero-order chi connectivity index (χ0) is 11.8. The van der Waals surface area contributed by atoms with Gasteiger partial charge in [0.2, 0.25) is 0 Å². The van der Waals surface area contributed by atoms with Gasteiger partial charge in [-0.05, 0) is 20.8 Å². The van der Waals surface area contributed by atoms with Gasteiger partial charge in [-0.25, -0.2) is 0 Å². The zero-order valence-corrected chi connectivity index (χ0v) is 8.89. The maximum atomic E-state index is 12.4. The molecule has 1 aromatic rings. The summed E-state index contributed by atoms with van der Waals surface area (Å²) in [5.41, 5.74) is 6.08. The van der Waals surface area contributed by atoms with Crippen LogP contribution in [0.25, 0.3) is 0 Å². The molecule has 1 rings (SSSR count). The molecule has 0 spiro atoms. The van der Waals surface area contributed by atoms with Crippen LogP contribution in [0, 0.1) is 13.8 Å². The van der Waals surface area contributed by atoms with Crippen molar-refractivity contribution < 1.29 is 13.2 Å². The van der Waals surface area contributed by atoms with Gasteiger partial charge in [0.15, 0.2) is 0 Å². The normalized spacial score (nSPS) is 14.3. The zero-order valence-electron chi connectivity index (χ0n) is 8.89. The largest absolute Gasteiger partial charge is 0.407 e. The van der Waals surface area contributed by atoms with Crippen LogP contribution in [0.2, 0.25) is 0 Å². The molecular weight excluding hydrogens is 207 g/mol. The van der Waals surface area contributed by atoms with Gasteiger partial charge in [0, 0.05) is 17.8 Å². The molecule has 0 amide bonds. The fourth-order valence-corrected chi connectivity index (χ4v) is 1.63. The number of halogens is 3. The molecule has 1 atom stereocenters. The van der Waals surface area contributed by atoms with Crippen LogP contribution >= 0.6 is 0 Å². The van der Waals surface area contributed by atoms with Gasteiger partial charge >= 0.3 is 6.18 Å². The fraction of sp³-hybridized carbons (Fsp3) is 0.667. The van der Waals surface area contributed by atoms with Gasteiger partial charge in [-0.3, -0.25) is 4.68 Å². The van der Waals surface area contributed by atoms with Crippen LogP contribution in [0.4, 0.5) is 13.2 Å². The Balaban J connectivity index is 3.20. The first-order valence-corrected chi connectivity index (χ1v) is 4.65. The average molecular weight is 221 g/mol. The van der Waals surface area contributed by atoms with Gasteiger partial charge in [0.1, 0.15) is 6.04 Å². The topological polar surface area (TPSA) is 43.8 Å². The molecule has 3 nitrogen and oxygen atoms in total. The molecule has 0 saturated carbocycles. The highest BCUT2D eigenvalue weighted by atomic mass is 19.4. The van der Waals surface area contributed by atoms with E-state index in [0.29, 0.717) is 17.9 Å². The van der Waals surface area contributed by atoms with Crippen LogP contribution in [0.1, 0.15) is 29.9 Å². The van der Waals surface area contributed by atoms with E-state index in [1.54, 1.807) is 13.8 Å². The van der Waals surface area contributed by atoms with E-state index in [-0.39, 0.29) is 5.56 Å². The number of nitrogens with two attached hydrogens (primary N) is 1. The van der Waals surface area contributed by atoms with Crippen LogP contribution < -0.4 is 5.73 Å². The van der Waals surface area contributed by atoms with Gasteiger partial charge in [0.05, 0.1) is 5.69 Å². The lowest BCUT2D eigenvalue weighted by Crippen LogP contribution is -2.29. The number of hydrogen-bond donors (Lipinski definition) is 1. The predicted molar refractivity (Wildman–Crippen MR) is 50.4 cm³/mol. The summed E-state index contributed by atoms with van der Waals surface area (Å²) in [5, 5.41) is 4.00. The molecule has 6 heteroatoms. The van der Waals surface area contributed by atoms with Crippen molar-refractivity contribution in [3.63, 3.8) is 0 Å². The van der Waals surface area contributed by atoms with E-state index in [4.69, 9.17) is 5.73 Å². The number of rotatable bonds is 2. The third-order valence-corrected chi connectivity index (χ3v) is 2.40. The molecule has 86 valence electrons. The lowest BCUT2D eigenvalue weighted by molar-refractivity contribution is -0.149. The molecule has 1 heterocycles. The van der Waals surface area contributed by atoms with E-state index < -0.39 is 12.2 Å². The summed E-state index contributed by atoms with van der Waals surface area (Å²) < 4.78 is 38.9. The van der Waals surface area contributed by atoms with Crippen LogP contribution in [-0.2, 0) is 6.54 Å². The molecule has 0 radical (unpaired) electrons. The lowest BCUT2D eigenvalue weighted by Gasteiger charge is -2.16. The quantitative estimate of drug-likeness (QED) is 0.830.